The normalized spacial score (nSPS) is 12.2. The molecule has 1 unspecified atom stereocenters. The number of benzene rings is 1. The fraction of sp³-hybridized carbons (Fsp3) is 0.231. The van der Waals surface area contributed by atoms with E-state index in [4.69, 9.17) is 4.42 Å². The Morgan fingerprint density at radius 3 is 2.79 bits per heavy atom. The third kappa shape index (κ3) is 3.45. The minimum atomic E-state index is -0.285. The maximum Gasteiger partial charge on any atom is 0.253 e. The maximum absolute atomic E-state index is 12.2. The second kappa shape index (κ2) is 5.88. The molecule has 0 aliphatic carbocycles. The van der Waals surface area contributed by atoms with Gasteiger partial charge >= 0.3 is 0 Å². The SMILES string of the molecule is Cc1cnc(C(C)NC(=O)c2cc(Br)ccc2Br)o1. The molecular formula is C13H12Br2N2O2. The van der Waals surface area contributed by atoms with Crippen LogP contribution in [0.1, 0.15) is 35.0 Å². The van der Waals surface area contributed by atoms with Crippen molar-refractivity contribution < 1.29 is 9.21 Å². The Labute approximate surface area is 127 Å². The molecular weight excluding hydrogens is 376 g/mol. The maximum atomic E-state index is 12.2. The average Bonchev–Trinajstić information content (AvgIpc) is 2.79. The van der Waals surface area contributed by atoms with Crippen molar-refractivity contribution in [2.75, 3.05) is 0 Å². The monoisotopic (exact) mass is 386 g/mol. The van der Waals surface area contributed by atoms with Crippen molar-refractivity contribution in [3.8, 4) is 0 Å². The summed E-state index contributed by atoms with van der Waals surface area (Å²) in [6.07, 6.45) is 1.63. The van der Waals surface area contributed by atoms with Crippen molar-refractivity contribution in [1.82, 2.24) is 10.3 Å². The highest BCUT2D eigenvalue weighted by Gasteiger charge is 2.17. The lowest BCUT2D eigenvalue weighted by atomic mass is 10.2. The molecule has 2 rings (SSSR count). The molecule has 0 aliphatic rings. The van der Waals surface area contributed by atoms with Crippen LogP contribution in [0.5, 0.6) is 0 Å². The van der Waals surface area contributed by atoms with E-state index in [-0.39, 0.29) is 11.9 Å². The molecule has 1 aromatic heterocycles. The zero-order chi connectivity index (χ0) is 14.0. The number of carbonyl (C=O) groups is 1. The van der Waals surface area contributed by atoms with Gasteiger partial charge in [0.05, 0.1) is 11.8 Å². The zero-order valence-electron chi connectivity index (χ0n) is 10.4. The predicted octanol–water partition coefficient (Wildman–Crippen LogP) is 4.00. The zero-order valence-corrected chi connectivity index (χ0v) is 13.6. The van der Waals surface area contributed by atoms with E-state index in [1.807, 2.05) is 26.0 Å². The molecule has 19 heavy (non-hydrogen) atoms. The number of oxazole rings is 1. The van der Waals surface area contributed by atoms with Gasteiger partial charge in [0.1, 0.15) is 11.8 Å². The van der Waals surface area contributed by atoms with Crippen LogP contribution in [0.2, 0.25) is 0 Å². The van der Waals surface area contributed by atoms with E-state index in [9.17, 15) is 4.79 Å². The van der Waals surface area contributed by atoms with Crippen LogP contribution in [0.3, 0.4) is 0 Å². The highest BCUT2D eigenvalue weighted by atomic mass is 79.9. The van der Waals surface area contributed by atoms with Gasteiger partial charge in [0, 0.05) is 8.95 Å². The van der Waals surface area contributed by atoms with Crippen LogP contribution < -0.4 is 5.32 Å². The molecule has 1 aromatic carbocycles. The molecule has 1 amide bonds. The fourth-order valence-electron chi connectivity index (χ4n) is 1.58. The Hall–Kier alpha value is -1.14. The van der Waals surface area contributed by atoms with Crippen LogP contribution in [-0.2, 0) is 0 Å². The van der Waals surface area contributed by atoms with Crippen LogP contribution in [0.15, 0.2) is 37.8 Å². The molecule has 1 atom stereocenters. The van der Waals surface area contributed by atoms with Crippen molar-refractivity contribution >= 4 is 37.8 Å². The van der Waals surface area contributed by atoms with E-state index in [0.717, 1.165) is 14.7 Å². The number of aryl methyl sites for hydroxylation is 1. The standard InChI is InChI=1S/C13H12Br2N2O2/c1-7-6-16-13(19-7)8(2)17-12(18)10-5-9(14)3-4-11(10)15/h3-6,8H,1-2H3,(H,17,18). The Balaban J connectivity index is 2.15. The Morgan fingerprint density at radius 1 is 1.42 bits per heavy atom. The summed E-state index contributed by atoms with van der Waals surface area (Å²) >= 11 is 6.71. The first-order chi connectivity index (χ1) is 8.97. The minimum absolute atomic E-state index is 0.184. The summed E-state index contributed by atoms with van der Waals surface area (Å²) in [6.45, 7) is 3.64. The highest BCUT2D eigenvalue weighted by Crippen LogP contribution is 2.22. The molecule has 2 aromatic rings. The van der Waals surface area contributed by atoms with E-state index in [1.165, 1.54) is 0 Å². The summed E-state index contributed by atoms with van der Waals surface area (Å²) in [4.78, 5) is 16.3. The predicted molar refractivity (Wildman–Crippen MR) is 79.0 cm³/mol. The average molecular weight is 388 g/mol. The number of nitrogens with one attached hydrogen (secondary N) is 1. The first kappa shape index (κ1) is 14.3. The summed E-state index contributed by atoms with van der Waals surface area (Å²) in [6, 6.07) is 5.15. The molecule has 0 saturated carbocycles. The second-order valence-corrected chi connectivity index (χ2v) is 5.90. The summed E-state index contributed by atoms with van der Waals surface area (Å²) in [5.74, 6) is 1.04. The van der Waals surface area contributed by atoms with Crippen molar-refractivity contribution in [1.29, 1.82) is 0 Å². The molecule has 6 heteroatoms. The summed E-state index contributed by atoms with van der Waals surface area (Å²) in [5, 5.41) is 2.85. The molecule has 1 heterocycles. The van der Waals surface area contributed by atoms with Gasteiger partial charge in [-0.15, -0.1) is 0 Å². The first-order valence-corrected chi connectivity index (χ1v) is 7.24. The molecule has 0 saturated heterocycles. The van der Waals surface area contributed by atoms with Gasteiger partial charge in [-0.2, -0.15) is 0 Å². The first-order valence-electron chi connectivity index (χ1n) is 5.65. The number of hydrogen-bond donors (Lipinski definition) is 1. The number of nitrogens with zero attached hydrogens (tertiary/aromatic N) is 1. The van der Waals surface area contributed by atoms with E-state index in [2.05, 4.69) is 42.2 Å². The van der Waals surface area contributed by atoms with Crippen LogP contribution >= 0.6 is 31.9 Å². The van der Waals surface area contributed by atoms with E-state index < -0.39 is 0 Å². The number of halogens is 2. The van der Waals surface area contributed by atoms with E-state index in [1.54, 1.807) is 12.3 Å². The van der Waals surface area contributed by atoms with Crippen molar-refractivity contribution in [3.63, 3.8) is 0 Å². The van der Waals surface area contributed by atoms with Crippen molar-refractivity contribution in [2.45, 2.75) is 19.9 Å². The quantitative estimate of drug-likeness (QED) is 0.865. The third-order valence-electron chi connectivity index (χ3n) is 2.53. The molecule has 0 bridgehead atoms. The summed E-state index contributed by atoms with van der Waals surface area (Å²) in [5.41, 5.74) is 0.560. The van der Waals surface area contributed by atoms with Gasteiger partial charge in [0.15, 0.2) is 0 Å². The van der Waals surface area contributed by atoms with Crippen LogP contribution in [-0.4, -0.2) is 10.9 Å². The van der Waals surface area contributed by atoms with Gasteiger partial charge in [-0.3, -0.25) is 4.79 Å². The van der Waals surface area contributed by atoms with Crippen molar-refractivity contribution in [3.05, 3.63) is 50.6 Å². The topological polar surface area (TPSA) is 55.1 Å². The largest absolute Gasteiger partial charge is 0.444 e. The number of aromatic nitrogens is 1. The van der Waals surface area contributed by atoms with E-state index >= 15 is 0 Å². The van der Waals surface area contributed by atoms with Gasteiger partial charge in [-0.25, -0.2) is 4.98 Å². The summed E-state index contributed by atoms with van der Waals surface area (Å²) < 4.78 is 6.98. The van der Waals surface area contributed by atoms with Gasteiger partial charge in [0.25, 0.3) is 5.91 Å². The number of hydrogen-bond acceptors (Lipinski definition) is 3. The summed E-state index contributed by atoms with van der Waals surface area (Å²) in [7, 11) is 0. The molecule has 1 N–H and O–H groups in total. The van der Waals surface area contributed by atoms with Crippen molar-refractivity contribution in [2.24, 2.45) is 0 Å². The molecule has 0 radical (unpaired) electrons. The van der Waals surface area contributed by atoms with Gasteiger partial charge < -0.3 is 9.73 Å². The Bertz CT molecular complexity index is 610. The molecule has 0 aliphatic heterocycles. The number of amides is 1. The van der Waals surface area contributed by atoms with Gasteiger partial charge in [-0.1, -0.05) is 15.9 Å². The highest BCUT2D eigenvalue weighted by molar-refractivity contribution is 9.11. The van der Waals surface area contributed by atoms with Crippen LogP contribution in [0, 0.1) is 6.92 Å². The van der Waals surface area contributed by atoms with E-state index in [0.29, 0.717) is 11.5 Å². The molecule has 100 valence electrons. The van der Waals surface area contributed by atoms with Crippen LogP contribution in [0.4, 0.5) is 0 Å². The number of rotatable bonds is 3. The second-order valence-electron chi connectivity index (χ2n) is 4.13. The fourth-order valence-corrected chi connectivity index (χ4v) is 2.37. The smallest absolute Gasteiger partial charge is 0.253 e. The van der Waals surface area contributed by atoms with Gasteiger partial charge in [-0.05, 0) is 48.0 Å². The Kier molecular flexibility index (Phi) is 4.42. The molecule has 0 spiro atoms. The molecule has 4 nitrogen and oxygen atoms in total. The lowest BCUT2D eigenvalue weighted by molar-refractivity contribution is 0.0933. The lowest BCUT2D eigenvalue weighted by Crippen LogP contribution is -2.27. The lowest BCUT2D eigenvalue weighted by Gasteiger charge is -2.11. The van der Waals surface area contributed by atoms with Gasteiger partial charge in [0.2, 0.25) is 5.89 Å². The third-order valence-corrected chi connectivity index (χ3v) is 3.71. The molecule has 0 fully saturated rings. The Morgan fingerprint density at radius 2 is 2.16 bits per heavy atom. The number of carbonyl (C=O) groups excluding carboxylic acids is 1. The minimum Gasteiger partial charge on any atom is -0.444 e. The van der Waals surface area contributed by atoms with Crippen LogP contribution in [0.25, 0.3) is 0 Å².